The van der Waals surface area contributed by atoms with Crippen LogP contribution in [0.3, 0.4) is 0 Å². The minimum absolute atomic E-state index is 0.119. The highest BCUT2D eigenvalue weighted by atomic mass is 32.2. The first kappa shape index (κ1) is 20.3. The molecule has 1 heterocycles. The van der Waals surface area contributed by atoms with Crippen molar-refractivity contribution in [2.24, 2.45) is 5.92 Å². The Balaban J connectivity index is 2.06. The van der Waals surface area contributed by atoms with Gasteiger partial charge in [-0.2, -0.15) is 0 Å². The normalized spacial score (nSPS) is 18.6. The van der Waals surface area contributed by atoms with Gasteiger partial charge in [0.25, 0.3) is 0 Å². The van der Waals surface area contributed by atoms with E-state index in [1.165, 1.54) is 18.2 Å². The van der Waals surface area contributed by atoms with Crippen molar-refractivity contribution in [3.63, 3.8) is 0 Å². The zero-order valence-corrected chi connectivity index (χ0v) is 16.4. The second-order valence-corrected chi connectivity index (χ2v) is 9.15. The summed E-state index contributed by atoms with van der Waals surface area (Å²) in [5, 5.41) is 0. The first-order valence-corrected chi connectivity index (χ1v) is 10.4. The molecule has 0 saturated carbocycles. The number of hydrogen-bond donors (Lipinski definition) is 1. The average molecular weight is 372 g/mol. The lowest BCUT2D eigenvalue weighted by molar-refractivity contribution is 0.102. The number of piperazine rings is 1. The van der Waals surface area contributed by atoms with E-state index in [0.29, 0.717) is 18.0 Å². The zero-order chi connectivity index (χ0) is 18.6. The van der Waals surface area contributed by atoms with Crippen LogP contribution in [0.1, 0.15) is 25.8 Å². The number of rotatable bonds is 7. The summed E-state index contributed by atoms with van der Waals surface area (Å²) in [6.07, 6.45) is 0.939. The van der Waals surface area contributed by atoms with E-state index in [0.717, 1.165) is 32.6 Å². The van der Waals surface area contributed by atoms with Crippen LogP contribution in [0, 0.1) is 18.7 Å². The molecule has 0 aromatic heterocycles. The van der Waals surface area contributed by atoms with E-state index in [2.05, 4.69) is 35.4 Å². The molecule has 0 aliphatic carbocycles. The lowest BCUT2D eigenvalue weighted by Crippen LogP contribution is -2.52. The second kappa shape index (κ2) is 8.58. The summed E-state index contributed by atoms with van der Waals surface area (Å²) in [5.74, 6) is 0.0938. The van der Waals surface area contributed by atoms with Crippen molar-refractivity contribution in [1.29, 1.82) is 0 Å². The van der Waals surface area contributed by atoms with Crippen molar-refractivity contribution in [3.8, 4) is 0 Å². The fourth-order valence-electron chi connectivity index (χ4n) is 3.17. The molecule has 1 N–H and O–H groups in total. The van der Waals surface area contributed by atoms with Crippen molar-refractivity contribution < 1.29 is 12.8 Å². The van der Waals surface area contributed by atoms with Gasteiger partial charge in [0, 0.05) is 38.8 Å². The Bertz CT molecular complexity index is 671. The highest BCUT2D eigenvalue weighted by Gasteiger charge is 2.25. The number of nitrogens with zero attached hydrogens (tertiary/aromatic N) is 2. The maximum Gasteiger partial charge on any atom is 0.240 e. The predicted octanol–water partition coefficient (Wildman–Crippen LogP) is 2.07. The molecule has 1 aliphatic heterocycles. The van der Waals surface area contributed by atoms with E-state index in [-0.39, 0.29) is 10.9 Å². The van der Waals surface area contributed by atoms with Crippen molar-refractivity contribution in [1.82, 2.24) is 14.5 Å². The molecule has 1 aromatic rings. The summed E-state index contributed by atoms with van der Waals surface area (Å²) in [6.45, 7) is 10.1. The lowest BCUT2D eigenvalue weighted by Gasteiger charge is -2.38. The van der Waals surface area contributed by atoms with Crippen LogP contribution in [-0.2, 0) is 10.0 Å². The molecule has 1 saturated heterocycles. The van der Waals surface area contributed by atoms with Crippen LogP contribution in [0.2, 0.25) is 0 Å². The Hall–Kier alpha value is -1.02. The Kier molecular flexibility index (Phi) is 6.96. The Morgan fingerprint density at radius 1 is 1.20 bits per heavy atom. The molecular weight excluding hydrogens is 341 g/mol. The molecule has 1 unspecified atom stereocenters. The Labute approximate surface area is 151 Å². The minimum atomic E-state index is -3.63. The summed E-state index contributed by atoms with van der Waals surface area (Å²) < 4.78 is 41.2. The Morgan fingerprint density at radius 3 is 2.40 bits per heavy atom. The quantitative estimate of drug-likeness (QED) is 0.797. The van der Waals surface area contributed by atoms with E-state index in [1.54, 1.807) is 6.92 Å². The monoisotopic (exact) mass is 371 g/mol. The van der Waals surface area contributed by atoms with Crippen LogP contribution >= 0.6 is 0 Å². The van der Waals surface area contributed by atoms with Gasteiger partial charge in [-0.1, -0.05) is 13.8 Å². The first-order chi connectivity index (χ1) is 11.7. The molecular formula is C18H30FN3O2S. The van der Waals surface area contributed by atoms with Crippen LogP contribution in [-0.4, -0.2) is 64.0 Å². The maximum absolute atomic E-state index is 13.4. The van der Waals surface area contributed by atoms with Crippen LogP contribution < -0.4 is 4.72 Å². The number of halogens is 1. The van der Waals surface area contributed by atoms with Crippen molar-refractivity contribution >= 4 is 10.0 Å². The maximum atomic E-state index is 13.4. The summed E-state index contributed by atoms with van der Waals surface area (Å²) in [4.78, 5) is 4.78. The van der Waals surface area contributed by atoms with Crippen LogP contribution in [0.5, 0.6) is 0 Å². The van der Waals surface area contributed by atoms with Gasteiger partial charge in [-0.3, -0.25) is 4.90 Å². The number of nitrogens with one attached hydrogen (secondary N) is 1. The second-order valence-electron chi connectivity index (χ2n) is 7.39. The van der Waals surface area contributed by atoms with E-state index >= 15 is 0 Å². The van der Waals surface area contributed by atoms with Crippen LogP contribution in [0.4, 0.5) is 4.39 Å². The van der Waals surface area contributed by atoms with Gasteiger partial charge in [0.1, 0.15) is 5.82 Å². The number of likely N-dealkylation sites (N-methyl/N-ethyl adjacent to an activating group) is 1. The third-order valence-electron chi connectivity index (χ3n) is 4.75. The SMILES string of the molecule is Cc1cc(S(=O)(=O)NCC(CC(C)C)N2CCN(C)CC2)ccc1F. The zero-order valence-electron chi connectivity index (χ0n) is 15.6. The lowest BCUT2D eigenvalue weighted by atomic mass is 10.0. The highest BCUT2D eigenvalue weighted by Crippen LogP contribution is 2.17. The third-order valence-corrected chi connectivity index (χ3v) is 6.17. The minimum Gasteiger partial charge on any atom is -0.304 e. The molecule has 5 nitrogen and oxygen atoms in total. The molecule has 7 heteroatoms. The van der Waals surface area contributed by atoms with Crippen molar-refractivity contribution in [2.75, 3.05) is 39.8 Å². The van der Waals surface area contributed by atoms with Gasteiger partial charge in [0.05, 0.1) is 4.90 Å². The molecule has 2 rings (SSSR count). The number of benzene rings is 1. The molecule has 0 spiro atoms. The summed E-state index contributed by atoms with van der Waals surface area (Å²) in [6, 6.07) is 4.07. The molecule has 1 fully saturated rings. The standard InChI is InChI=1S/C18H30FN3O2S/c1-14(2)11-16(22-9-7-21(4)8-10-22)13-20-25(23,24)17-5-6-18(19)15(3)12-17/h5-6,12,14,16,20H,7-11,13H2,1-4H3. The summed E-state index contributed by atoms with van der Waals surface area (Å²) in [5.41, 5.74) is 0.334. The van der Waals surface area contributed by atoms with E-state index in [1.807, 2.05) is 0 Å². The van der Waals surface area contributed by atoms with Crippen LogP contribution in [0.25, 0.3) is 0 Å². The van der Waals surface area contributed by atoms with E-state index < -0.39 is 15.8 Å². The third kappa shape index (κ3) is 5.74. The fourth-order valence-corrected chi connectivity index (χ4v) is 4.32. The van der Waals surface area contributed by atoms with E-state index in [4.69, 9.17) is 0 Å². The largest absolute Gasteiger partial charge is 0.304 e. The first-order valence-electron chi connectivity index (χ1n) is 8.87. The van der Waals surface area contributed by atoms with Crippen molar-refractivity contribution in [3.05, 3.63) is 29.6 Å². The fraction of sp³-hybridized carbons (Fsp3) is 0.667. The van der Waals surface area contributed by atoms with Gasteiger partial charge in [0.15, 0.2) is 0 Å². The topological polar surface area (TPSA) is 52.7 Å². The number of sulfonamides is 1. The molecule has 25 heavy (non-hydrogen) atoms. The van der Waals surface area contributed by atoms with Crippen LogP contribution in [0.15, 0.2) is 23.1 Å². The van der Waals surface area contributed by atoms with Gasteiger partial charge >= 0.3 is 0 Å². The number of aryl methyl sites for hydroxylation is 1. The van der Waals surface area contributed by atoms with E-state index in [9.17, 15) is 12.8 Å². The van der Waals surface area contributed by atoms with Gasteiger partial charge in [-0.05, 0) is 50.1 Å². The highest BCUT2D eigenvalue weighted by molar-refractivity contribution is 7.89. The molecule has 1 aliphatic rings. The molecule has 1 atom stereocenters. The molecule has 0 bridgehead atoms. The molecule has 0 radical (unpaired) electrons. The summed E-state index contributed by atoms with van der Waals surface area (Å²) in [7, 11) is -1.53. The number of hydrogen-bond acceptors (Lipinski definition) is 4. The molecule has 142 valence electrons. The molecule has 0 amide bonds. The van der Waals surface area contributed by atoms with Gasteiger partial charge in [-0.15, -0.1) is 0 Å². The smallest absolute Gasteiger partial charge is 0.240 e. The van der Waals surface area contributed by atoms with Crippen molar-refractivity contribution in [2.45, 2.75) is 38.1 Å². The van der Waals surface area contributed by atoms with Gasteiger partial charge in [0.2, 0.25) is 10.0 Å². The van der Waals surface area contributed by atoms with Gasteiger partial charge < -0.3 is 4.90 Å². The predicted molar refractivity (Wildman–Crippen MR) is 98.6 cm³/mol. The molecule has 1 aromatic carbocycles. The average Bonchev–Trinajstić information content (AvgIpc) is 2.54. The van der Waals surface area contributed by atoms with Gasteiger partial charge in [-0.25, -0.2) is 17.5 Å². The summed E-state index contributed by atoms with van der Waals surface area (Å²) >= 11 is 0. The Morgan fingerprint density at radius 2 is 1.84 bits per heavy atom.